The van der Waals surface area contributed by atoms with Gasteiger partial charge in [-0.2, -0.15) is 0 Å². The van der Waals surface area contributed by atoms with E-state index in [0.717, 1.165) is 6.11 Å². The first-order chi connectivity index (χ1) is 5.26. The average Bonchev–Trinajstić information content (AvgIpc) is 2.05. The van der Waals surface area contributed by atoms with Crippen molar-refractivity contribution >= 4 is 31.9 Å². The first kappa shape index (κ1) is 10.4. The van der Waals surface area contributed by atoms with Crippen LogP contribution in [0.4, 0.5) is 0 Å². The van der Waals surface area contributed by atoms with Crippen molar-refractivity contribution < 1.29 is 14.2 Å². The molecule has 0 fully saturated rings. The van der Waals surface area contributed by atoms with E-state index in [1.54, 1.807) is 0 Å². The van der Waals surface area contributed by atoms with Gasteiger partial charge in [-0.1, -0.05) is 0 Å². The topological polar surface area (TPSA) is 55.7 Å². The van der Waals surface area contributed by atoms with Crippen LogP contribution in [0.25, 0.3) is 0 Å². The molecule has 0 aromatic rings. The summed E-state index contributed by atoms with van der Waals surface area (Å²) in [4.78, 5) is 14.4. The van der Waals surface area contributed by atoms with Gasteiger partial charge in [0.05, 0.1) is 0 Å². The van der Waals surface area contributed by atoms with Crippen molar-refractivity contribution in [3.63, 3.8) is 0 Å². The normalized spacial score (nSPS) is 12.5. The van der Waals surface area contributed by atoms with Gasteiger partial charge in [-0.15, -0.1) is 0 Å². The Morgan fingerprint density at radius 1 is 1.91 bits per heavy atom. The fourth-order valence-corrected chi connectivity index (χ4v) is 0.744. The fraction of sp³-hybridized carbons (Fsp3) is 0.600. The third-order valence-corrected chi connectivity index (χ3v) is 1.38. The Morgan fingerprint density at radius 2 is 2.55 bits per heavy atom. The molecule has 0 bridgehead atoms. The molecule has 0 aliphatic carbocycles. The van der Waals surface area contributed by atoms with Crippen molar-refractivity contribution in [3.05, 3.63) is 0 Å². The summed E-state index contributed by atoms with van der Waals surface area (Å²) in [5, 5.41) is 0. The van der Waals surface area contributed by atoms with Gasteiger partial charge in [-0.25, -0.2) is 0 Å². The minimum absolute atomic E-state index is 0.344. The van der Waals surface area contributed by atoms with Crippen molar-refractivity contribution in [3.8, 4) is 0 Å². The van der Waals surface area contributed by atoms with E-state index in [4.69, 9.17) is 0 Å². The van der Waals surface area contributed by atoms with E-state index in [0.29, 0.717) is 12.9 Å². The summed E-state index contributed by atoms with van der Waals surface area (Å²) in [5.74, 6) is -0.116. The van der Waals surface area contributed by atoms with Crippen LogP contribution < -0.4 is 0 Å². The molecule has 0 N–H and O–H groups in total. The maximum absolute atomic E-state index is 10.8. The molecule has 0 spiro atoms. The van der Waals surface area contributed by atoms with E-state index >= 15 is 0 Å². The predicted octanol–water partition coefficient (Wildman–Crippen LogP) is -1.38. The second-order valence-corrected chi connectivity index (χ2v) is 2.09. The Morgan fingerprint density at radius 3 is 2.91 bits per heavy atom. The number of esters is 1. The van der Waals surface area contributed by atoms with Crippen LogP contribution in [0.3, 0.4) is 0 Å². The quantitative estimate of drug-likeness (QED) is 0.228. The van der Waals surface area contributed by atoms with Crippen molar-refractivity contribution in [1.29, 1.82) is 0 Å². The van der Waals surface area contributed by atoms with Gasteiger partial charge in [0.25, 0.3) is 0 Å². The van der Waals surface area contributed by atoms with Crippen molar-refractivity contribution in [2.45, 2.75) is 6.04 Å². The molecular formula is C5H9BNO3S+. The van der Waals surface area contributed by atoms with Gasteiger partial charge in [0.2, 0.25) is 0 Å². The Bertz CT molecular complexity index is 173. The molecule has 0 saturated carbocycles. The molecule has 0 aliphatic rings. The van der Waals surface area contributed by atoms with Crippen LogP contribution in [0.5, 0.6) is 0 Å². The molecule has 11 heavy (non-hydrogen) atoms. The number of hydrogen-bond donors (Lipinski definition) is 0. The zero-order valence-electron chi connectivity index (χ0n) is 6.11. The van der Waals surface area contributed by atoms with Crippen LogP contribution in [-0.2, 0) is 26.9 Å². The molecular weight excluding hydrogens is 165 g/mol. The van der Waals surface area contributed by atoms with E-state index in [2.05, 4.69) is 22.4 Å². The molecule has 6 heteroatoms. The number of nitrogens with zero attached hydrogens (tertiary/aromatic N) is 1. The van der Waals surface area contributed by atoms with Gasteiger partial charge in [-0.3, -0.25) is 0 Å². The molecule has 1 unspecified atom stereocenters. The molecule has 0 rings (SSSR count). The molecule has 0 aliphatic heterocycles. The number of hydrogen-bond acceptors (Lipinski definition) is 4. The standard InChI is InChI=1S/C5H8BNO3S/c1-10-5(8)4(2-11)7-3-6-9/h3-4,11H,2H2,1H3/p+1. The zero-order chi connectivity index (χ0) is 8.69. The number of aliphatic imine (C=N–C) groups is 1. The van der Waals surface area contributed by atoms with Crippen molar-refractivity contribution in [2.24, 2.45) is 4.99 Å². The monoisotopic (exact) mass is 174 g/mol. The second kappa shape index (κ2) is 6.09. The Labute approximate surface area is 70.7 Å². The molecule has 0 aromatic heterocycles. The van der Waals surface area contributed by atoms with Gasteiger partial charge in [0.1, 0.15) is 0 Å². The van der Waals surface area contributed by atoms with Crippen molar-refractivity contribution in [2.75, 3.05) is 12.9 Å². The minimum atomic E-state index is -0.623. The van der Waals surface area contributed by atoms with Gasteiger partial charge in [-0.05, 0) is 0 Å². The summed E-state index contributed by atoms with van der Waals surface area (Å²) < 4.78 is 14.2. The van der Waals surface area contributed by atoms with E-state index < -0.39 is 12.0 Å². The van der Waals surface area contributed by atoms with Crippen LogP contribution in [0, 0.1) is 0 Å². The molecule has 0 amide bonds. The summed E-state index contributed by atoms with van der Waals surface area (Å²) in [6, 6.07) is -0.623. The molecule has 0 saturated heterocycles. The summed E-state index contributed by atoms with van der Waals surface area (Å²) in [7, 11) is 1.78. The van der Waals surface area contributed by atoms with Crippen LogP contribution in [0.2, 0.25) is 0 Å². The van der Waals surface area contributed by atoms with Crippen LogP contribution in [0.15, 0.2) is 4.99 Å². The number of rotatable bonds is 4. The van der Waals surface area contributed by atoms with Gasteiger partial charge in [0, 0.05) is 0 Å². The van der Waals surface area contributed by atoms with E-state index in [-0.39, 0.29) is 0 Å². The van der Waals surface area contributed by atoms with E-state index in [1.807, 2.05) is 0 Å². The first-order valence-corrected chi connectivity index (χ1v) is 3.66. The van der Waals surface area contributed by atoms with Crippen LogP contribution >= 0.6 is 0 Å². The SMILES string of the molecule is COC(=O)C(C[SH2+])N=CB=O. The summed E-state index contributed by atoms with van der Waals surface area (Å²) in [6.07, 6.45) is 1.03. The maximum atomic E-state index is 10.8. The van der Waals surface area contributed by atoms with Crippen molar-refractivity contribution in [1.82, 2.24) is 0 Å². The number of carbonyl (C=O) groups excluding carboxylic acids is 1. The molecule has 0 radical (unpaired) electrons. The molecule has 60 valence electrons. The summed E-state index contributed by atoms with van der Waals surface area (Å²) in [6.45, 7) is 0. The Hall–Kier alpha value is -0.645. The predicted molar refractivity (Wildman–Crippen MR) is 45.8 cm³/mol. The fourth-order valence-electron chi connectivity index (χ4n) is 0.472. The third-order valence-electron chi connectivity index (χ3n) is 0.993. The number of carbonyl (C=O) groups is 1. The Balaban J connectivity index is 4.04. The average molecular weight is 174 g/mol. The summed E-state index contributed by atoms with van der Waals surface area (Å²) in [5.41, 5.74) is 0. The van der Waals surface area contributed by atoms with Gasteiger partial charge in [0.15, 0.2) is 0 Å². The third kappa shape index (κ3) is 3.92. The van der Waals surface area contributed by atoms with Crippen LogP contribution in [-0.4, -0.2) is 38.1 Å². The van der Waals surface area contributed by atoms with E-state index in [1.165, 1.54) is 7.11 Å². The second-order valence-electron chi connectivity index (χ2n) is 1.68. The molecule has 4 nitrogen and oxygen atoms in total. The number of ether oxygens (including phenoxy) is 1. The molecule has 1 atom stereocenters. The Kier molecular flexibility index (Phi) is 5.73. The zero-order valence-corrected chi connectivity index (χ0v) is 7.11. The molecule has 0 heterocycles. The first-order valence-electron chi connectivity index (χ1n) is 2.95. The van der Waals surface area contributed by atoms with Gasteiger partial charge >= 0.3 is 70.0 Å². The van der Waals surface area contributed by atoms with Crippen LogP contribution in [0.1, 0.15) is 0 Å². The summed E-state index contributed by atoms with van der Waals surface area (Å²) >= 11 is 3.10. The molecule has 0 aromatic carbocycles. The number of methoxy groups -OCH3 is 1. The van der Waals surface area contributed by atoms with Gasteiger partial charge < -0.3 is 0 Å². The van der Waals surface area contributed by atoms with E-state index in [9.17, 15) is 9.50 Å².